The van der Waals surface area contributed by atoms with Crippen molar-refractivity contribution < 1.29 is 18.0 Å². The van der Waals surface area contributed by atoms with Crippen LogP contribution in [-0.2, 0) is 17.5 Å². The summed E-state index contributed by atoms with van der Waals surface area (Å²) < 4.78 is 37.3. The fourth-order valence-electron chi connectivity index (χ4n) is 1.03. The number of hydrogen-bond donors (Lipinski definition) is 0. The van der Waals surface area contributed by atoms with Gasteiger partial charge in [0.05, 0.1) is 12.1 Å². The van der Waals surface area contributed by atoms with Gasteiger partial charge in [0.2, 0.25) is 6.08 Å². The molecule has 0 radical (unpaired) electrons. The lowest BCUT2D eigenvalue weighted by Gasteiger charge is -2.08. The van der Waals surface area contributed by atoms with E-state index in [2.05, 4.69) is 20.9 Å². The van der Waals surface area contributed by atoms with E-state index in [1.54, 1.807) is 0 Å². The highest BCUT2D eigenvalue weighted by Crippen LogP contribution is 2.32. The Morgan fingerprint density at radius 3 is 2.53 bits per heavy atom. The molecular formula is C9H5BrF3NO. The van der Waals surface area contributed by atoms with Gasteiger partial charge in [0.15, 0.2) is 0 Å². The van der Waals surface area contributed by atoms with Crippen LogP contribution in [0.25, 0.3) is 0 Å². The summed E-state index contributed by atoms with van der Waals surface area (Å²) >= 11 is 2.96. The van der Waals surface area contributed by atoms with E-state index < -0.39 is 11.7 Å². The quantitative estimate of drug-likeness (QED) is 0.603. The number of alkyl halides is 3. The van der Waals surface area contributed by atoms with Crippen LogP contribution in [0.5, 0.6) is 0 Å². The van der Waals surface area contributed by atoms with Crippen molar-refractivity contribution in [3.05, 3.63) is 33.8 Å². The standard InChI is InChI=1S/C9H5BrF3NO/c10-8-2-6(4-14-5-15)1-7(3-8)9(11,12)13/h1-3H,4H2. The molecule has 15 heavy (non-hydrogen) atoms. The maximum atomic E-state index is 12.3. The summed E-state index contributed by atoms with van der Waals surface area (Å²) in [5.74, 6) is 0. The van der Waals surface area contributed by atoms with Crippen LogP contribution in [0.4, 0.5) is 13.2 Å². The summed E-state index contributed by atoms with van der Waals surface area (Å²) in [6.07, 6.45) is -3.13. The van der Waals surface area contributed by atoms with E-state index in [0.717, 1.165) is 12.1 Å². The lowest BCUT2D eigenvalue weighted by molar-refractivity contribution is -0.137. The van der Waals surface area contributed by atoms with Gasteiger partial charge >= 0.3 is 6.18 Å². The lowest BCUT2D eigenvalue weighted by atomic mass is 10.1. The van der Waals surface area contributed by atoms with Crippen LogP contribution in [0.2, 0.25) is 0 Å². The van der Waals surface area contributed by atoms with Gasteiger partial charge in [-0.1, -0.05) is 15.9 Å². The zero-order valence-electron chi connectivity index (χ0n) is 7.31. The van der Waals surface area contributed by atoms with Crippen LogP contribution in [0, 0.1) is 0 Å². The second-order valence-corrected chi connectivity index (χ2v) is 3.67. The molecule has 1 aromatic rings. The van der Waals surface area contributed by atoms with Crippen molar-refractivity contribution >= 4 is 22.0 Å². The average Bonchev–Trinajstić information content (AvgIpc) is 2.12. The van der Waals surface area contributed by atoms with Gasteiger partial charge in [0.25, 0.3) is 0 Å². The van der Waals surface area contributed by atoms with Gasteiger partial charge in [-0.15, -0.1) is 0 Å². The third-order valence-corrected chi connectivity index (χ3v) is 2.07. The number of nitrogens with zero attached hydrogens (tertiary/aromatic N) is 1. The van der Waals surface area contributed by atoms with Gasteiger partial charge in [0.1, 0.15) is 0 Å². The minimum absolute atomic E-state index is 0.105. The van der Waals surface area contributed by atoms with Gasteiger partial charge in [-0.2, -0.15) is 13.2 Å². The number of carbonyl (C=O) groups excluding carboxylic acids is 1. The van der Waals surface area contributed by atoms with Crippen molar-refractivity contribution in [3.63, 3.8) is 0 Å². The Labute approximate surface area is 91.9 Å². The third-order valence-electron chi connectivity index (χ3n) is 1.61. The van der Waals surface area contributed by atoms with E-state index in [1.165, 1.54) is 12.1 Å². The highest BCUT2D eigenvalue weighted by molar-refractivity contribution is 9.10. The highest BCUT2D eigenvalue weighted by atomic mass is 79.9. The molecule has 1 aromatic carbocycles. The largest absolute Gasteiger partial charge is 0.416 e. The van der Waals surface area contributed by atoms with Crippen LogP contribution in [0.15, 0.2) is 27.7 Å². The zero-order chi connectivity index (χ0) is 11.5. The van der Waals surface area contributed by atoms with E-state index in [-0.39, 0.29) is 6.54 Å². The number of aliphatic imine (C=N–C) groups is 1. The minimum atomic E-state index is -4.40. The number of hydrogen-bond acceptors (Lipinski definition) is 2. The van der Waals surface area contributed by atoms with Crippen LogP contribution >= 0.6 is 15.9 Å². The number of isocyanates is 1. The minimum Gasteiger partial charge on any atom is -0.211 e. The SMILES string of the molecule is O=C=NCc1cc(Br)cc(C(F)(F)F)c1. The smallest absolute Gasteiger partial charge is 0.211 e. The van der Waals surface area contributed by atoms with E-state index >= 15 is 0 Å². The third kappa shape index (κ3) is 3.49. The molecule has 2 nitrogen and oxygen atoms in total. The van der Waals surface area contributed by atoms with Crippen molar-refractivity contribution in [2.24, 2.45) is 4.99 Å². The summed E-state index contributed by atoms with van der Waals surface area (Å²) in [6, 6.07) is 3.38. The van der Waals surface area contributed by atoms with Crippen LogP contribution in [0.1, 0.15) is 11.1 Å². The van der Waals surface area contributed by atoms with Gasteiger partial charge in [0, 0.05) is 4.47 Å². The molecule has 0 aliphatic rings. The first kappa shape index (κ1) is 11.9. The van der Waals surface area contributed by atoms with Gasteiger partial charge in [-0.25, -0.2) is 9.79 Å². The molecule has 0 N–H and O–H groups in total. The Morgan fingerprint density at radius 1 is 1.33 bits per heavy atom. The number of rotatable bonds is 2. The van der Waals surface area contributed by atoms with Crippen molar-refractivity contribution in [1.29, 1.82) is 0 Å². The molecule has 6 heteroatoms. The Morgan fingerprint density at radius 2 is 2.00 bits per heavy atom. The fraction of sp³-hybridized carbons (Fsp3) is 0.222. The molecule has 0 aliphatic carbocycles. The normalized spacial score (nSPS) is 10.9. The van der Waals surface area contributed by atoms with Crippen molar-refractivity contribution in [2.45, 2.75) is 12.7 Å². The molecule has 0 amide bonds. The van der Waals surface area contributed by atoms with E-state index in [0.29, 0.717) is 10.0 Å². The first-order chi connectivity index (χ1) is 6.93. The van der Waals surface area contributed by atoms with Gasteiger partial charge in [-0.3, -0.25) is 0 Å². The molecule has 0 saturated carbocycles. The van der Waals surface area contributed by atoms with Gasteiger partial charge < -0.3 is 0 Å². The summed E-state index contributed by atoms with van der Waals surface area (Å²) in [4.78, 5) is 13.0. The molecule has 80 valence electrons. The predicted octanol–water partition coefficient (Wildman–Crippen LogP) is 3.30. The summed E-state index contributed by atoms with van der Waals surface area (Å²) in [6.45, 7) is -0.105. The Kier molecular flexibility index (Phi) is 3.66. The van der Waals surface area contributed by atoms with Crippen LogP contribution in [0.3, 0.4) is 0 Å². The molecule has 0 unspecified atom stereocenters. The molecule has 0 spiro atoms. The Bertz CT molecular complexity index is 410. The predicted molar refractivity (Wildman–Crippen MR) is 51.0 cm³/mol. The number of benzene rings is 1. The monoisotopic (exact) mass is 279 g/mol. The van der Waals surface area contributed by atoms with Crippen molar-refractivity contribution in [2.75, 3.05) is 0 Å². The molecule has 0 fully saturated rings. The van der Waals surface area contributed by atoms with Crippen molar-refractivity contribution in [3.8, 4) is 0 Å². The first-order valence-corrected chi connectivity index (χ1v) is 4.63. The maximum absolute atomic E-state index is 12.3. The fourth-order valence-corrected chi connectivity index (χ4v) is 1.57. The molecule has 0 aromatic heterocycles. The second-order valence-electron chi connectivity index (χ2n) is 2.75. The van der Waals surface area contributed by atoms with Crippen LogP contribution in [-0.4, -0.2) is 6.08 Å². The molecule has 1 rings (SSSR count). The molecule has 0 saturated heterocycles. The summed E-state index contributed by atoms with van der Waals surface area (Å²) in [5, 5.41) is 0. The highest BCUT2D eigenvalue weighted by Gasteiger charge is 2.30. The maximum Gasteiger partial charge on any atom is 0.416 e. The van der Waals surface area contributed by atoms with E-state index in [4.69, 9.17) is 0 Å². The molecule has 0 bridgehead atoms. The Hall–Kier alpha value is -1.13. The molecular weight excluding hydrogens is 275 g/mol. The topological polar surface area (TPSA) is 29.4 Å². The van der Waals surface area contributed by atoms with E-state index in [1.807, 2.05) is 0 Å². The average molecular weight is 280 g/mol. The molecule has 0 heterocycles. The Balaban J connectivity index is 3.10. The number of halogens is 4. The van der Waals surface area contributed by atoms with Crippen molar-refractivity contribution in [1.82, 2.24) is 0 Å². The summed E-state index contributed by atoms with van der Waals surface area (Å²) in [5.41, 5.74) is -0.465. The zero-order valence-corrected chi connectivity index (χ0v) is 8.89. The second kappa shape index (κ2) is 4.59. The lowest BCUT2D eigenvalue weighted by Crippen LogP contribution is -2.05. The van der Waals surface area contributed by atoms with Crippen LogP contribution < -0.4 is 0 Å². The first-order valence-electron chi connectivity index (χ1n) is 3.84. The molecule has 0 aliphatic heterocycles. The van der Waals surface area contributed by atoms with Gasteiger partial charge in [-0.05, 0) is 23.8 Å². The molecule has 0 atom stereocenters. The van der Waals surface area contributed by atoms with E-state index in [9.17, 15) is 18.0 Å². The summed E-state index contributed by atoms with van der Waals surface area (Å²) in [7, 11) is 0.